The molecule has 0 atom stereocenters. The van der Waals surface area contributed by atoms with Gasteiger partial charge in [0.15, 0.2) is 9.84 Å². The SMILES string of the molecule is Cc1csc(CS(=O)(=O)c2ccc(N)cc2F)n1. The van der Waals surface area contributed by atoms with Gasteiger partial charge in [-0.15, -0.1) is 11.3 Å². The third-order valence-electron chi connectivity index (χ3n) is 2.27. The summed E-state index contributed by atoms with van der Waals surface area (Å²) in [5, 5.41) is 2.20. The number of nitrogens with two attached hydrogens (primary N) is 1. The Morgan fingerprint density at radius 3 is 2.72 bits per heavy atom. The highest BCUT2D eigenvalue weighted by Gasteiger charge is 2.21. The molecule has 96 valence electrons. The van der Waals surface area contributed by atoms with Crippen molar-refractivity contribution in [1.82, 2.24) is 4.98 Å². The predicted molar refractivity (Wildman–Crippen MR) is 68.6 cm³/mol. The van der Waals surface area contributed by atoms with Gasteiger partial charge >= 0.3 is 0 Å². The van der Waals surface area contributed by atoms with Crippen LogP contribution in [-0.2, 0) is 15.6 Å². The van der Waals surface area contributed by atoms with Crippen LogP contribution in [0.25, 0.3) is 0 Å². The molecule has 7 heteroatoms. The van der Waals surface area contributed by atoms with Gasteiger partial charge in [-0.25, -0.2) is 17.8 Å². The number of nitrogens with zero attached hydrogens (tertiary/aromatic N) is 1. The Morgan fingerprint density at radius 1 is 1.44 bits per heavy atom. The molecule has 0 saturated heterocycles. The van der Waals surface area contributed by atoms with Gasteiger partial charge in [0.2, 0.25) is 0 Å². The maximum atomic E-state index is 13.6. The van der Waals surface area contributed by atoms with Gasteiger partial charge in [-0.1, -0.05) is 0 Å². The molecule has 0 aliphatic rings. The highest BCUT2D eigenvalue weighted by molar-refractivity contribution is 7.90. The number of aryl methyl sites for hydroxylation is 1. The van der Waals surface area contributed by atoms with E-state index in [1.54, 1.807) is 12.3 Å². The molecule has 2 rings (SSSR count). The smallest absolute Gasteiger partial charge is 0.187 e. The lowest BCUT2D eigenvalue weighted by molar-refractivity contribution is 0.567. The van der Waals surface area contributed by atoms with Gasteiger partial charge in [-0.05, 0) is 25.1 Å². The van der Waals surface area contributed by atoms with Crippen LogP contribution in [0.2, 0.25) is 0 Å². The van der Waals surface area contributed by atoms with Crippen LogP contribution in [0, 0.1) is 12.7 Å². The number of aromatic nitrogens is 1. The first-order valence-electron chi connectivity index (χ1n) is 5.07. The molecule has 0 unspecified atom stereocenters. The number of thiazole rings is 1. The van der Waals surface area contributed by atoms with Crippen LogP contribution in [0.1, 0.15) is 10.7 Å². The molecule has 0 fully saturated rings. The first-order valence-corrected chi connectivity index (χ1v) is 7.60. The molecular formula is C11H11FN2O2S2. The lowest BCUT2D eigenvalue weighted by Crippen LogP contribution is -2.07. The summed E-state index contributed by atoms with van der Waals surface area (Å²) >= 11 is 1.24. The third kappa shape index (κ3) is 2.68. The molecule has 0 aliphatic carbocycles. The fourth-order valence-corrected chi connectivity index (χ4v) is 3.95. The average Bonchev–Trinajstić information content (AvgIpc) is 2.62. The Morgan fingerprint density at radius 2 is 2.17 bits per heavy atom. The molecular weight excluding hydrogens is 275 g/mol. The second kappa shape index (κ2) is 4.66. The number of benzene rings is 1. The molecule has 0 radical (unpaired) electrons. The molecule has 0 saturated carbocycles. The van der Waals surface area contributed by atoms with Crippen molar-refractivity contribution < 1.29 is 12.8 Å². The summed E-state index contributed by atoms with van der Waals surface area (Å²) in [7, 11) is -3.73. The van der Waals surface area contributed by atoms with Gasteiger partial charge in [-0.2, -0.15) is 0 Å². The quantitative estimate of drug-likeness (QED) is 0.877. The molecule has 0 aliphatic heterocycles. The van der Waals surface area contributed by atoms with E-state index < -0.39 is 15.7 Å². The standard InChI is InChI=1S/C11H11FN2O2S2/c1-7-5-17-11(14-7)6-18(15,16)10-3-2-8(13)4-9(10)12/h2-5H,6,13H2,1H3. The van der Waals surface area contributed by atoms with E-state index in [-0.39, 0.29) is 16.3 Å². The highest BCUT2D eigenvalue weighted by Crippen LogP contribution is 2.22. The van der Waals surface area contributed by atoms with Gasteiger partial charge in [0.25, 0.3) is 0 Å². The summed E-state index contributed by atoms with van der Waals surface area (Å²) in [5.74, 6) is -1.13. The van der Waals surface area contributed by atoms with Gasteiger partial charge in [0.05, 0.1) is 0 Å². The summed E-state index contributed by atoms with van der Waals surface area (Å²) in [4.78, 5) is 3.72. The zero-order valence-electron chi connectivity index (χ0n) is 9.55. The van der Waals surface area contributed by atoms with Crippen LogP contribution >= 0.6 is 11.3 Å². The van der Waals surface area contributed by atoms with Crippen LogP contribution < -0.4 is 5.73 Å². The van der Waals surface area contributed by atoms with E-state index in [0.29, 0.717) is 5.01 Å². The van der Waals surface area contributed by atoms with E-state index in [0.717, 1.165) is 11.8 Å². The van der Waals surface area contributed by atoms with E-state index in [9.17, 15) is 12.8 Å². The lowest BCUT2D eigenvalue weighted by Gasteiger charge is -2.04. The first kappa shape index (κ1) is 13.0. The van der Waals surface area contributed by atoms with E-state index >= 15 is 0 Å². The Labute approximate surface area is 108 Å². The molecule has 0 spiro atoms. The Hall–Kier alpha value is -1.47. The van der Waals surface area contributed by atoms with Crippen molar-refractivity contribution in [2.24, 2.45) is 0 Å². The minimum Gasteiger partial charge on any atom is -0.399 e. The van der Waals surface area contributed by atoms with Crippen molar-refractivity contribution in [3.63, 3.8) is 0 Å². The zero-order valence-corrected chi connectivity index (χ0v) is 11.2. The maximum Gasteiger partial charge on any atom is 0.187 e. The molecule has 1 heterocycles. The molecule has 1 aromatic carbocycles. The van der Waals surface area contributed by atoms with Crippen LogP contribution in [0.15, 0.2) is 28.5 Å². The number of hydrogen-bond acceptors (Lipinski definition) is 5. The number of sulfone groups is 1. The van der Waals surface area contributed by atoms with Gasteiger partial charge < -0.3 is 5.73 Å². The summed E-state index contributed by atoms with van der Waals surface area (Å²) in [6, 6.07) is 3.55. The molecule has 2 aromatic rings. The van der Waals surface area contributed by atoms with Gasteiger partial charge in [0.1, 0.15) is 21.5 Å². The van der Waals surface area contributed by atoms with Crippen molar-refractivity contribution in [2.75, 3.05) is 5.73 Å². The largest absolute Gasteiger partial charge is 0.399 e. The van der Waals surface area contributed by atoms with Crippen molar-refractivity contribution in [3.05, 3.63) is 40.1 Å². The van der Waals surface area contributed by atoms with Crippen molar-refractivity contribution in [1.29, 1.82) is 0 Å². The molecule has 2 N–H and O–H groups in total. The summed E-state index contributed by atoms with van der Waals surface area (Å²) in [6.45, 7) is 1.77. The first-order chi connectivity index (χ1) is 8.38. The van der Waals surface area contributed by atoms with Crippen molar-refractivity contribution in [2.45, 2.75) is 17.6 Å². The zero-order chi connectivity index (χ0) is 13.3. The van der Waals surface area contributed by atoms with Gasteiger partial charge in [-0.3, -0.25) is 0 Å². The van der Waals surface area contributed by atoms with E-state index in [4.69, 9.17) is 5.73 Å². The fraction of sp³-hybridized carbons (Fsp3) is 0.182. The fourth-order valence-electron chi connectivity index (χ4n) is 1.48. The lowest BCUT2D eigenvalue weighted by atomic mass is 10.3. The molecule has 0 amide bonds. The minimum atomic E-state index is -3.73. The Bertz CT molecular complexity index is 680. The number of nitrogen functional groups attached to an aromatic ring is 1. The van der Waals surface area contributed by atoms with E-state index in [1.807, 2.05) is 0 Å². The van der Waals surface area contributed by atoms with Crippen LogP contribution in [0.4, 0.5) is 10.1 Å². The summed E-state index contributed by atoms with van der Waals surface area (Å²) < 4.78 is 37.6. The van der Waals surface area contributed by atoms with Gasteiger partial charge in [0, 0.05) is 16.8 Å². The van der Waals surface area contributed by atoms with Crippen LogP contribution in [-0.4, -0.2) is 13.4 Å². The Balaban J connectivity index is 2.36. The highest BCUT2D eigenvalue weighted by atomic mass is 32.2. The molecule has 1 aromatic heterocycles. The summed E-state index contributed by atoms with van der Waals surface area (Å²) in [6.07, 6.45) is 0. The Kier molecular flexibility index (Phi) is 3.36. The molecule has 0 bridgehead atoms. The number of halogens is 1. The second-order valence-electron chi connectivity index (χ2n) is 3.83. The average molecular weight is 286 g/mol. The van der Waals surface area contributed by atoms with Crippen LogP contribution in [0.5, 0.6) is 0 Å². The van der Waals surface area contributed by atoms with E-state index in [1.165, 1.54) is 23.5 Å². The number of hydrogen-bond donors (Lipinski definition) is 1. The molecule has 18 heavy (non-hydrogen) atoms. The third-order valence-corrected chi connectivity index (χ3v) is 5.08. The predicted octanol–water partition coefficient (Wildman–Crippen LogP) is 2.15. The molecule has 4 nitrogen and oxygen atoms in total. The summed E-state index contributed by atoms with van der Waals surface area (Å²) in [5.41, 5.74) is 6.33. The van der Waals surface area contributed by atoms with Crippen LogP contribution in [0.3, 0.4) is 0 Å². The van der Waals surface area contributed by atoms with E-state index in [2.05, 4.69) is 4.98 Å². The normalized spacial score (nSPS) is 11.7. The monoisotopic (exact) mass is 286 g/mol. The minimum absolute atomic E-state index is 0.191. The number of rotatable bonds is 3. The van der Waals surface area contributed by atoms with Crippen molar-refractivity contribution in [3.8, 4) is 0 Å². The van der Waals surface area contributed by atoms with Crippen molar-refractivity contribution >= 4 is 26.9 Å². The number of anilines is 1. The topological polar surface area (TPSA) is 73.0 Å². The maximum absolute atomic E-state index is 13.6. The second-order valence-corrected chi connectivity index (χ2v) is 6.73.